The van der Waals surface area contributed by atoms with Crippen LogP contribution in [0, 0.1) is 0 Å². The van der Waals surface area contributed by atoms with Crippen molar-refractivity contribution in [3.8, 4) is 17.2 Å². The van der Waals surface area contributed by atoms with E-state index in [1.54, 1.807) is 12.1 Å². The number of benzene rings is 2. The Hall–Kier alpha value is -2.90. The molecule has 2 aromatic rings. The maximum Gasteiger partial charge on any atom is 0.416 e. The van der Waals surface area contributed by atoms with Crippen LogP contribution in [-0.2, 0) is 11.0 Å². The lowest BCUT2D eigenvalue weighted by Crippen LogP contribution is -2.24. The number of amides is 1. The van der Waals surface area contributed by atoms with Crippen molar-refractivity contribution < 1.29 is 32.2 Å². The first kappa shape index (κ1) is 18.9. The van der Waals surface area contributed by atoms with E-state index < -0.39 is 17.7 Å². The average Bonchev–Trinajstić information content (AvgIpc) is 2.64. The Morgan fingerprint density at radius 2 is 1.74 bits per heavy atom. The minimum absolute atomic E-state index is 0.0137. The highest BCUT2D eigenvalue weighted by atomic mass is 19.4. The van der Waals surface area contributed by atoms with Gasteiger partial charge < -0.3 is 19.5 Å². The van der Waals surface area contributed by atoms with Crippen molar-refractivity contribution in [2.45, 2.75) is 18.5 Å². The molecule has 0 saturated carbocycles. The van der Waals surface area contributed by atoms with Gasteiger partial charge in [0.1, 0.15) is 0 Å². The molecule has 0 saturated heterocycles. The van der Waals surface area contributed by atoms with Crippen LogP contribution in [0.4, 0.5) is 18.9 Å². The van der Waals surface area contributed by atoms with Gasteiger partial charge in [0.05, 0.1) is 32.6 Å². The van der Waals surface area contributed by atoms with Gasteiger partial charge in [-0.1, -0.05) is 18.2 Å². The molecule has 1 aliphatic heterocycles. The van der Waals surface area contributed by atoms with Crippen molar-refractivity contribution in [1.82, 2.24) is 0 Å². The second kappa shape index (κ2) is 7.02. The number of hydrogen-bond acceptors (Lipinski definition) is 4. The van der Waals surface area contributed by atoms with Crippen LogP contribution in [0.15, 0.2) is 30.3 Å². The first-order valence-electron chi connectivity index (χ1n) is 8.10. The number of hydrogen-bond donors (Lipinski definition) is 1. The molecule has 2 aromatic carbocycles. The third kappa shape index (κ3) is 3.39. The summed E-state index contributed by atoms with van der Waals surface area (Å²) in [6, 6.07) is 6.53. The molecule has 0 bridgehead atoms. The van der Waals surface area contributed by atoms with Crippen LogP contribution in [0.2, 0.25) is 0 Å². The minimum Gasteiger partial charge on any atom is -0.493 e. The summed E-state index contributed by atoms with van der Waals surface area (Å²) in [5, 5.41) is 2.73. The highest BCUT2D eigenvalue weighted by molar-refractivity contribution is 5.97. The molecule has 27 heavy (non-hydrogen) atoms. The van der Waals surface area contributed by atoms with Crippen LogP contribution in [0.3, 0.4) is 0 Å². The summed E-state index contributed by atoms with van der Waals surface area (Å²) in [5.74, 6) is 0.0456. The van der Waals surface area contributed by atoms with E-state index in [4.69, 9.17) is 14.2 Å². The SMILES string of the molecule is COc1cc2c(c(OC)c1OC)[C@@H](c1cccc(C(F)(F)F)c1)CC(=O)N2. The van der Waals surface area contributed by atoms with Gasteiger partial charge in [-0.15, -0.1) is 0 Å². The van der Waals surface area contributed by atoms with Crippen molar-refractivity contribution in [1.29, 1.82) is 0 Å². The van der Waals surface area contributed by atoms with Gasteiger partial charge in [-0.3, -0.25) is 4.79 Å². The minimum atomic E-state index is -4.47. The maximum absolute atomic E-state index is 13.1. The Bertz CT molecular complexity index is 880. The van der Waals surface area contributed by atoms with E-state index in [0.29, 0.717) is 34.1 Å². The highest BCUT2D eigenvalue weighted by Gasteiger charge is 2.35. The molecule has 3 rings (SSSR count). The molecule has 144 valence electrons. The molecule has 1 amide bonds. The lowest BCUT2D eigenvalue weighted by molar-refractivity contribution is -0.137. The van der Waals surface area contributed by atoms with Crippen molar-refractivity contribution in [2.24, 2.45) is 0 Å². The normalized spacial score (nSPS) is 16.4. The summed E-state index contributed by atoms with van der Waals surface area (Å²) in [6.45, 7) is 0. The summed E-state index contributed by atoms with van der Waals surface area (Å²) in [4.78, 5) is 12.2. The van der Waals surface area contributed by atoms with Gasteiger partial charge in [0.25, 0.3) is 0 Å². The second-order valence-corrected chi connectivity index (χ2v) is 6.03. The number of carbonyl (C=O) groups excluding carboxylic acids is 1. The molecule has 0 aromatic heterocycles. The number of anilines is 1. The zero-order valence-electron chi connectivity index (χ0n) is 14.9. The number of ether oxygens (including phenoxy) is 3. The van der Waals surface area contributed by atoms with Gasteiger partial charge in [-0.05, 0) is 11.6 Å². The first-order valence-corrected chi connectivity index (χ1v) is 8.10. The molecule has 1 heterocycles. The van der Waals surface area contributed by atoms with Crippen molar-refractivity contribution in [3.63, 3.8) is 0 Å². The van der Waals surface area contributed by atoms with E-state index in [9.17, 15) is 18.0 Å². The Labute approximate surface area is 154 Å². The largest absolute Gasteiger partial charge is 0.493 e. The molecule has 1 N–H and O–H groups in total. The summed E-state index contributed by atoms with van der Waals surface area (Å²) >= 11 is 0. The van der Waals surface area contributed by atoms with E-state index in [0.717, 1.165) is 12.1 Å². The smallest absolute Gasteiger partial charge is 0.416 e. The van der Waals surface area contributed by atoms with Crippen LogP contribution in [0.1, 0.15) is 29.0 Å². The maximum atomic E-state index is 13.1. The van der Waals surface area contributed by atoms with E-state index >= 15 is 0 Å². The fraction of sp³-hybridized carbons (Fsp3) is 0.316. The number of nitrogens with one attached hydrogen (secondary N) is 1. The van der Waals surface area contributed by atoms with Gasteiger partial charge in [0, 0.05) is 24.0 Å². The lowest BCUT2D eigenvalue weighted by Gasteiger charge is -2.29. The van der Waals surface area contributed by atoms with Gasteiger partial charge in [0.2, 0.25) is 11.7 Å². The quantitative estimate of drug-likeness (QED) is 0.862. The molecule has 0 aliphatic carbocycles. The first-order chi connectivity index (χ1) is 12.8. The van der Waals surface area contributed by atoms with Crippen molar-refractivity contribution in [3.05, 3.63) is 47.0 Å². The number of rotatable bonds is 4. The van der Waals surface area contributed by atoms with Crippen LogP contribution in [0.5, 0.6) is 17.2 Å². The van der Waals surface area contributed by atoms with Crippen LogP contribution >= 0.6 is 0 Å². The molecular weight excluding hydrogens is 363 g/mol. The van der Waals surface area contributed by atoms with Crippen LogP contribution in [0.25, 0.3) is 0 Å². The fourth-order valence-corrected chi connectivity index (χ4v) is 3.33. The number of carbonyl (C=O) groups is 1. The molecule has 1 atom stereocenters. The Balaban J connectivity index is 2.23. The molecule has 0 unspecified atom stereocenters. The van der Waals surface area contributed by atoms with Gasteiger partial charge in [-0.25, -0.2) is 0 Å². The standard InChI is InChI=1S/C19H18F3NO4/c1-25-14-9-13-16(18(27-3)17(14)26-2)12(8-15(24)23-13)10-5-4-6-11(7-10)19(20,21)22/h4-7,9,12H,8H2,1-3H3,(H,23,24)/t12-/m1/s1. The molecule has 5 nitrogen and oxygen atoms in total. The number of halogens is 3. The van der Waals surface area contributed by atoms with E-state index in [2.05, 4.69) is 5.32 Å². The molecule has 0 radical (unpaired) electrons. The number of methoxy groups -OCH3 is 3. The summed E-state index contributed by atoms with van der Waals surface area (Å²) in [5.41, 5.74) is 0.565. The Kier molecular flexibility index (Phi) is 4.91. The lowest BCUT2D eigenvalue weighted by atomic mass is 9.83. The van der Waals surface area contributed by atoms with Crippen molar-refractivity contribution in [2.75, 3.05) is 26.6 Å². The fourth-order valence-electron chi connectivity index (χ4n) is 3.33. The van der Waals surface area contributed by atoms with E-state index in [1.165, 1.54) is 27.4 Å². The van der Waals surface area contributed by atoms with Crippen LogP contribution in [-0.4, -0.2) is 27.2 Å². The van der Waals surface area contributed by atoms with E-state index in [-0.39, 0.29) is 12.3 Å². The highest BCUT2D eigenvalue weighted by Crippen LogP contribution is 2.51. The molecule has 0 spiro atoms. The third-order valence-electron chi connectivity index (χ3n) is 4.50. The third-order valence-corrected chi connectivity index (χ3v) is 4.50. The van der Waals surface area contributed by atoms with Gasteiger partial charge >= 0.3 is 6.18 Å². The van der Waals surface area contributed by atoms with Gasteiger partial charge in [0.15, 0.2) is 11.5 Å². The van der Waals surface area contributed by atoms with Crippen molar-refractivity contribution >= 4 is 11.6 Å². The van der Waals surface area contributed by atoms with Crippen LogP contribution < -0.4 is 19.5 Å². The molecule has 0 fully saturated rings. The molecule has 1 aliphatic rings. The Morgan fingerprint density at radius 3 is 2.33 bits per heavy atom. The number of fused-ring (bicyclic) bond motifs is 1. The van der Waals surface area contributed by atoms with E-state index in [1.807, 2.05) is 0 Å². The number of alkyl halides is 3. The molecular formula is C19H18F3NO4. The zero-order chi connectivity index (χ0) is 19.8. The predicted octanol–water partition coefficient (Wildman–Crippen LogP) is 4.21. The average molecular weight is 381 g/mol. The summed E-state index contributed by atoms with van der Waals surface area (Å²) in [7, 11) is 4.31. The monoisotopic (exact) mass is 381 g/mol. The predicted molar refractivity (Wildman–Crippen MR) is 92.6 cm³/mol. The Morgan fingerprint density at radius 1 is 1.04 bits per heavy atom. The molecule has 8 heteroatoms. The summed E-state index contributed by atoms with van der Waals surface area (Å²) in [6.07, 6.45) is -4.49. The second-order valence-electron chi connectivity index (χ2n) is 6.03. The van der Waals surface area contributed by atoms with Gasteiger partial charge in [-0.2, -0.15) is 13.2 Å². The topological polar surface area (TPSA) is 56.8 Å². The zero-order valence-corrected chi connectivity index (χ0v) is 14.9. The summed E-state index contributed by atoms with van der Waals surface area (Å²) < 4.78 is 55.5.